The predicted molar refractivity (Wildman–Crippen MR) is 67.4 cm³/mol. The molecule has 0 saturated heterocycles. The molecule has 0 spiro atoms. The Morgan fingerprint density at radius 1 is 1.33 bits per heavy atom. The number of carbonyl (C=O) groups is 2. The first kappa shape index (κ1) is 14.7. The van der Waals surface area contributed by atoms with Crippen molar-refractivity contribution in [3.05, 3.63) is 38.8 Å². The summed E-state index contributed by atoms with van der Waals surface area (Å²) in [6, 6.07) is 3.21. The topological polar surface area (TPSA) is 86.7 Å². The number of esters is 1. The van der Waals surface area contributed by atoms with E-state index in [2.05, 4.69) is 31.9 Å². The minimum atomic E-state index is -1.49. The van der Waals surface area contributed by atoms with Gasteiger partial charge < -0.3 is 19.7 Å². The number of carbonyl (C=O) groups excluding carboxylic acids is 2. The highest BCUT2D eigenvalue weighted by molar-refractivity contribution is 9.11. The molecule has 1 aromatic carbocycles. The minimum Gasteiger partial charge on any atom is -0.545 e. The van der Waals surface area contributed by atoms with Crippen molar-refractivity contribution in [1.29, 1.82) is 0 Å². The van der Waals surface area contributed by atoms with Gasteiger partial charge >= 0.3 is 5.97 Å². The number of rotatable bonds is 4. The van der Waals surface area contributed by atoms with Crippen LogP contribution in [0.1, 0.15) is 5.56 Å². The predicted octanol–water partition coefficient (Wildman–Crippen LogP) is 1.27. The lowest BCUT2D eigenvalue weighted by atomic mass is 10.2. The zero-order valence-corrected chi connectivity index (χ0v) is 12.0. The Hall–Kier alpha value is -1.34. The molecule has 0 radical (unpaired) electrons. The van der Waals surface area contributed by atoms with Crippen molar-refractivity contribution in [2.45, 2.75) is 6.61 Å². The molecule has 5 nitrogen and oxygen atoms in total. The van der Waals surface area contributed by atoms with Gasteiger partial charge in [0.2, 0.25) is 0 Å². The van der Waals surface area contributed by atoms with Gasteiger partial charge in [0.05, 0.1) is 10.4 Å². The van der Waals surface area contributed by atoms with Crippen LogP contribution in [0.3, 0.4) is 0 Å². The van der Waals surface area contributed by atoms with Crippen molar-refractivity contribution < 1.29 is 24.5 Å². The third-order valence-electron chi connectivity index (χ3n) is 1.83. The van der Waals surface area contributed by atoms with E-state index >= 15 is 0 Å². The quantitative estimate of drug-likeness (QED) is 0.629. The molecule has 0 aliphatic rings. The van der Waals surface area contributed by atoms with Crippen LogP contribution >= 0.6 is 31.9 Å². The third-order valence-corrected chi connectivity index (χ3v) is 2.89. The number of hydrogen-bond donors (Lipinski definition) is 1. The molecule has 7 heteroatoms. The average Bonchev–Trinajstić information content (AvgIpc) is 2.29. The summed E-state index contributed by atoms with van der Waals surface area (Å²) in [4.78, 5) is 21.2. The first-order valence-corrected chi connectivity index (χ1v) is 6.21. The molecule has 0 bridgehead atoms. The van der Waals surface area contributed by atoms with Gasteiger partial charge in [-0.1, -0.05) is 15.9 Å². The first-order valence-electron chi connectivity index (χ1n) is 4.63. The van der Waals surface area contributed by atoms with E-state index in [1.165, 1.54) is 0 Å². The van der Waals surface area contributed by atoms with E-state index in [9.17, 15) is 19.8 Å². The first-order chi connectivity index (χ1) is 8.40. The van der Waals surface area contributed by atoms with Gasteiger partial charge in [-0.05, 0) is 34.1 Å². The zero-order chi connectivity index (χ0) is 13.7. The number of aliphatic carboxylic acids is 1. The van der Waals surface area contributed by atoms with Crippen molar-refractivity contribution in [1.82, 2.24) is 0 Å². The summed E-state index contributed by atoms with van der Waals surface area (Å²) in [5, 5.41) is 19.7. The van der Waals surface area contributed by atoms with Gasteiger partial charge in [-0.15, -0.1) is 0 Å². The van der Waals surface area contributed by atoms with E-state index in [0.29, 0.717) is 20.6 Å². The maximum atomic E-state index is 11.1. The molecular formula is C11H7Br2O5-. The summed E-state index contributed by atoms with van der Waals surface area (Å²) >= 11 is 6.36. The van der Waals surface area contributed by atoms with Gasteiger partial charge in [-0.25, -0.2) is 4.79 Å². The van der Waals surface area contributed by atoms with Gasteiger partial charge in [-0.2, -0.15) is 0 Å². The smallest absolute Gasteiger partial charge is 0.331 e. The number of halogens is 2. The van der Waals surface area contributed by atoms with E-state index in [1.807, 2.05) is 0 Å². The highest BCUT2D eigenvalue weighted by Gasteiger charge is 2.09. The Bertz CT molecular complexity index is 510. The third kappa shape index (κ3) is 4.50. The molecule has 96 valence electrons. The van der Waals surface area contributed by atoms with Gasteiger partial charge in [0, 0.05) is 16.1 Å². The van der Waals surface area contributed by atoms with E-state index in [1.54, 1.807) is 12.1 Å². The second kappa shape index (κ2) is 6.55. The molecule has 0 atom stereocenters. The summed E-state index contributed by atoms with van der Waals surface area (Å²) in [6.45, 7) is -0.180. The van der Waals surface area contributed by atoms with Gasteiger partial charge in [-0.3, -0.25) is 0 Å². The molecule has 1 aromatic rings. The molecular weight excluding hydrogens is 372 g/mol. The Morgan fingerprint density at radius 2 is 2.00 bits per heavy atom. The van der Waals surface area contributed by atoms with Crippen LogP contribution in [-0.4, -0.2) is 17.0 Å². The summed E-state index contributed by atoms with van der Waals surface area (Å²) in [7, 11) is 0. The van der Waals surface area contributed by atoms with E-state index in [0.717, 1.165) is 6.08 Å². The van der Waals surface area contributed by atoms with Crippen LogP contribution in [0.4, 0.5) is 0 Å². The second-order valence-electron chi connectivity index (χ2n) is 3.16. The van der Waals surface area contributed by atoms with Crippen LogP contribution < -0.4 is 5.11 Å². The number of aromatic hydroxyl groups is 1. The van der Waals surface area contributed by atoms with Crippen molar-refractivity contribution >= 4 is 43.8 Å². The summed E-state index contributed by atoms with van der Waals surface area (Å²) in [5.41, 5.74) is 0.381. The van der Waals surface area contributed by atoms with Crippen LogP contribution in [0.25, 0.3) is 0 Å². The maximum absolute atomic E-state index is 11.1. The molecule has 0 fully saturated rings. The normalized spacial score (nSPS) is 10.6. The fourth-order valence-corrected chi connectivity index (χ4v) is 2.38. The van der Waals surface area contributed by atoms with Gasteiger partial charge in [0.1, 0.15) is 12.4 Å². The summed E-state index contributed by atoms with van der Waals surface area (Å²) in [5.74, 6) is -2.37. The van der Waals surface area contributed by atoms with Gasteiger partial charge in [0.25, 0.3) is 0 Å². The Morgan fingerprint density at radius 3 is 2.61 bits per heavy atom. The SMILES string of the molecule is O=C([O-])/C=C/C(=O)OCc1cc(Br)cc(Br)c1O. The van der Waals surface area contributed by atoms with Crippen molar-refractivity contribution in [3.8, 4) is 5.75 Å². The highest BCUT2D eigenvalue weighted by atomic mass is 79.9. The molecule has 1 N–H and O–H groups in total. The zero-order valence-electron chi connectivity index (χ0n) is 8.85. The van der Waals surface area contributed by atoms with Crippen LogP contribution in [0.5, 0.6) is 5.75 Å². The number of ether oxygens (including phenoxy) is 1. The Balaban J connectivity index is 2.69. The van der Waals surface area contributed by atoms with Crippen LogP contribution in [0.2, 0.25) is 0 Å². The lowest BCUT2D eigenvalue weighted by Gasteiger charge is -2.07. The Kier molecular flexibility index (Phi) is 5.36. The number of phenolic OH excluding ortho intramolecular Hbond substituents is 1. The minimum absolute atomic E-state index is 0.0464. The highest BCUT2D eigenvalue weighted by Crippen LogP contribution is 2.32. The average molecular weight is 379 g/mol. The summed E-state index contributed by atoms with van der Waals surface area (Å²) in [6.07, 6.45) is 1.30. The molecule has 0 saturated carbocycles. The van der Waals surface area contributed by atoms with Gasteiger partial charge in [0.15, 0.2) is 0 Å². The van der Waals surface area contributed by atoms with E-state index in [4.69, 9.17) is 4.74 Å². The largest absolute Gasteiger partial charge is 0.545 e. The molecule has 0 aromatic heterocycles. The molecule has 1 rings (SSSR count). The molecule has 0 unspecified atom stereocenters. The van der Waals surface area contributed by atoms with E-state index in [-0.39, 0.29) is 12.4 Å². The van der Waals surface area contributed by atoms with Crippen molar-refractivity contribution in [3.63, 3.8) is 0 Å². The van der Waals surface area contributed by atoms with E-state index < -0.39 is 11.9 Å². The molecule has 0 amide bonds. The second-order valence-corrected chi connectivity index (χ2v) is 4.93. The lowest BCUT2D eigenvalue weighted by Crippen LogP contribution is -2.19. The number of benzene rings is 1. The summed E-state index contributed by atoms with van der Waals surface area (Å²) < 4.78 is 5.90. The molecule has 0 aliphatic heterocycles. The fourth-order valence-electron chi connectivity index (χ4n) is 1.06. The molecule has 0 aliphatic carbocycles. The maximum Gasteiger partial charge on any atom is 0.331 e. The van der Waals surface area contributed by atoms with Crippen LogP contribution in [0, 0.1) is 0 Å². The fraction of sp³-hybridized carbons (Fsp3) is 0.0909. The number of carboxylic acid groups (broad SMARTS) is 1. The van der Waals surface area contributed by atoms with Crippen molar-refractivity contribution in [2.75, 3.05) is 0 Å². The van der Waals surface area contributed by atoms with Crippen LogP contribution in [0.15, 0.2) is 33.2 Å². The van der Waals surface area contributed by atoms with Crippen molar-refractivity contribution in [2.24, 2.45) is 0 Å². The lowest BCUT2D eigenvalue weighted by molar-refractivity contribution is -0.297. The molecule has 0 heterocycles. The monoisotopic (exact) mass is 377 g/mol. The van der Waals surface area contributed by atoms with Crippen LogP contribution in [-0.2, 0) is 20.9 Å². The standard InChI is InChI=1S/C11H8Br2O5/c12-7-3-6(11(17)8(13)4-7)5-18-10(16)2-1-9(14)15/h1-4,17H,5H2,(H,14,15)/p-1/b2-1+. The Labute approximate surface area is 119 Å². The number of phenols is 1. The number of carboxylic acids is 1. The number of hydrogen-bond acceptors (Lipinski definition) is 5. The molecule has 18 heavy (non-hydrogen) atoms.